The number of hydrogen-bond acceptors (Lipinski definition) is 5. The molecule has 1 aromatic heterocycles. The Morgan fingerprint density at radius 3 is 2.28 bits per heavy atom. The van der Waals surface area contributed by atoms with E-state index in [1.165, 1.54) is 7.11 Å². The van der Waals surface area contributed by atoms with E-state index in [-0.39, 0.29) is 16.7 Å². The first-order chi connectivity index (χ1) is 17.5. The van der Waals surface area contributed by atoms with Gasteiger partial charge >= 0.3 is 5.97 Å². The van der Waals surface area contributed by atoms with Crippen LogP contribution in [0.25, 0.3) is 0 Å². The largest absolute Gasteiger partial charge is 0.489 e. The molecule has 0 bridgehead atoms. The molecule has 1 amide bonds. The molecule has 1 heterocycles. The van der Waals surface area contributed by atoms with E-state index in [9.17, 15) is 9.59 Å². The Kier molecular flexibility index (Phi) is 8.10. The highest BCUT2D eigenvalue weighted by molar-refractivity contribution is 7.80. The molecule has 0 unspecified atom stereocenters. The van der Waals surface area contributed by atoms with Crippen LogP contribution < -0.4 is 15.4 Å². The fourth-order valence-corrected chi connectivity index (χ4v) is 3.84. The molecule has 0 spiro atoms. The number of benzene rings is 3. The Bertz CT molecular complexity index is 1350. The van der Waals surface area contributed by atoms with Gasteiger partial charge in [0.2, 0.25) is 0 Å². The van der Waals surface area contributed by atoms with Crippen molar-refractivity contribution in [3.8, 4) is 5.75 Å². The van der Waals surface area contributed by atoms with Crippen LogP contribution in [0.5, 0.6) is 5.75 Å². The maximum atomic E-state index is 12.5. The summed E-state index contributed by atoms with van der Waals surface area (Å²) in [7, 11) is 1.30. The summed E-state index contributed by atoms with van der Waals surface area (Å²) >= 11 is 5.37. The summed E-state index contributed by atoms with van der Waals surface area (Å²) in [6.45, 7) is 0.430. The summed E-state index contributed by atoms with van der Waals surface area (Å²) in [4.78, 5) is 27.9. The van der Waals surface area contributed by atoms with Gasteiger partial charge in [0, 0.05) is 18.2 Å². The van der Waals surface area contributed by atoms with Crippen LogP contribution in [0.2, 0.25) is 0 Å². The van der Waals surface area contributed by atoms with E-state index in [0.717, 1.165) is 22.4 Å². The zero-order chi connectivity index (χ0) is 25.3. The van der Waals surface area contributed by atoms with Crippen molar-refractivity contribution in [2.24, 2.45) is 0 Å². The number of para-hydroxylation sites is 1. The number of amides is 1. The quantitative estimate of drug-likeness (QED) is 0.231. The summed E-state index contributed by atoms with van der Waals surface area (Å²) < 4.78 is 11.0. The third kappa shape index (κ3) is 6.17. The van der Waals surface area contributed by atoms with E-state index in [1.807, 2.05) is 60.7 Å². The smallest absolute Gasteiger partial charge is 0.356 e. The van der Waals surface area contributed by atoms with Crippen molar-refractivity contribution in [1.29, 1.82) is 0 Å². The lowest BCUT2D eigenvalue weighted by Crippen LogP contribution is -2.34. The Hall–Kier alpha value is -4.43. The summed E-state index contributed by atoms with van der Waals surface area (Å²) in [6.07, 6.45) is 2.15. The van der Waals surface area contributed by atoms with Crippen molar-refractivity contribution in [3.05, 3.63) is 119 Å². The highest BCUT2D eigenvalue weighted by Crippen LogP contribution is 2.28. The molecule has 0 aliphatic carbocycles. The van der Waals surface area contributed by atoms with Gasteiger partial charge in [0.05, 0.1) is 12.8 Å². The molecule has 0 radical (unpaired) electrons. The number of ether oxygens (including phenoxy) is 2. The maximum absolute atomic E-state index is 12.5. The van der Waals surface area contributed by atoms with E-state index in [1.54, 1.807) is 30.5 Å². The Morgan fingerprint density at radius 1 is 0.889 bits per heavy atom. The number of methoxy groups -OCH3 is 1. The Morgan fingerprint density at radius 2 is 1.56 bits per heavy atom. The summed E-state index contributed by atoms with van der Waals surface area (Å²) in [6, 6.07) is 26.3. The van der Waals surface area contributed by atoms with E-state index in [4.69, 9.17) is 21.7 Å². The zero-order valence-corrected chi connectivity index (χ0v) is 20.4. The van der Waals surface area contributed by atoms with Crippen molar-refractivity contribution in [2.75, 3.05) is 12.4 Å². The van der Waals surface area contributed by atoms with Crippen molar-refractivity contribution < 1.29 is 19.1 Å². The fourth-order valence-electron chi connectivity index (χ4n) is 3.65. The lowest BCUT2D eigenvalue weighted by Gasteiger charge is -2.14. The predicted molar refractivity (Wildman–Crippen MR) is 142 cm³/mol. The number of H-pyrrole nitrogens is 1. The minimum absolute atomic E-state index is 0.0588. The van der Waals surface area contributed by atoms with Crippen LogP contribution in [0.3, 0.4) is 0 Å². The molecule has 4 rings (SSSR count). The van der Waals surface area contributed by atoms with Crippen LogP contribution in [0, 0.1) is 0 Å². The van der Waals surface area contributed by atoms with E-state index < -0.39 is 5.97 Å². The summed E-state index contributed by atoms with van der Waals surface area (Å²) in [5, 5.41) is 5.71. The van der Waals surface area contributed by atoms with Gasteiger partial charge in [-0.3, -0.25) is 10.1 Å². The molecule has 0 fully saturated rings. The second-order valence-corrected chi connectivity index (χ2v) is 8.30. The minimum Gasteiger partial charge on any atom is -0.489 e. The molecule has 8 heteroatoms. The lowest BCUT2D eigenvalue weighted by molar-refractivity contribution is 0.0596. The highest BCUT2D eigenvalue weighted by atomic mass is 32.1. The van der Waals surface area contributed by atoms with Crippen molar-refractivity contribution in [2.45, 2.75) is 13.0 Å². The third-order valence-corrected chi connectivity index (χ3v) is 5.65. The molecule has 3 N–H and O–H groups in total. The summed E-state index contributed by atoms with van der Waals surface area (Å²) in [5.41, 5.74) is 3.83. The van der Waals surface area contributed by atoms with Crippen LogP contribution in [0.4, 0.5) is 5.69 Å². The SMILES string of the molecule is COC(=O)c1[nH]cc(Cc2ccccc2OCc2ccccc2)c1NC(=S)NC(=O)c1ccccc1. The highest BCUT2D eigenvalue weighted by Gasteiger charge is 2.21. The van der Waals surface area contributed by atoms with Crippen molar-refractivity contribution >= 4 is 34.9 Å². The Labute approximate surface area is 214 Å². The first-order valence-corrected chi connectivity index (χ1v) is 11.7. The molecular weight excluding hydrogens is 474 g/mol. The summed E-state index contributed by atoms with van der Waals surface area (Å²) in [5.74, 6) is -0.188. The van der Waals surface area contributed by atoms with Gasteiger partial charge in [0.1, 0.15) is 18.1 Å². The van der Waals surface area contributed by atoms with Crippen molar-refractivity contribution in [3.63, 3.8) is 0 Å². The van der Waals surface area contributed by atoms with Gasteiger partial charge in [-0.2, -0.15) is 0 Å². The fraction of sp³-hybridized carbons (Fsp3) is 0.107. The number of aromatic nitrogens is 1. The normalized spacial score (nSPS) is 10.4. The van der Waals surface area contributed by atoms with Gasteiger partial charge in [0.15, 0.2) is 5.11 Å². The topological polar surface area (TPSA) is 92.5 Å². The van der Waals surface area contributed by atoms with Gasteiger partial charge in [-0.25, -0.2) is 4.79 Å². The molecule has 3 aromatic carbocycles. The number of aromatic amines is 1. The standard InChI is InChI=1S/C28H25N3O4S/c1-34-27(33)25-24(30-28(36)31-26(32)20-12-6-3-7-13-20)22(17-29-25)16-21-14-8-9-15-23(21)35-18-19-10-4-2-5-11-19/h2-15,17,29H,16,18H2,1H3,(H2,30,31,32,36). The third-order valence-electron chi connectivity index (χ3n) is 5.44. The number of thiocarbonyl (C=S) groups is 1. The first kappa shape index (κ1) is 24.7. The average molecular weight is 500 g/mol. The first-order valence-electron chi connectivity index (χ1n) is 11.3. The van der Waals surface area contributed by atoms with E-state index in [2.05, 4.69) is 15.6 Å². The number of carbonyl (C=O) groups is 2. The van der Waals surface area contributed by atoms with Crippen LogP contribution in [0.1, 0.15) is 37.5 Å². The molecule has 0 saturated heterocycles. The van der Waals surface area contributed by atoms with Crippen LogP contribution in [-0.2, 0) is 17.8 Å². The average Bonchev–Trinajstić information content (AvgIpc) is 3.30. The molecule has 0 saturated carbocycles. The molecule has 0 aliphatic heterocycles. The van der Waals surface area contributed by atoms with E-state index in [0.29, 0.717) is 24.3 Å². The monoisotopic (exact) mass is 499 g/mol. The van der Waals surface area contributed by atoms with Crippen molar-refractivity contribution in [1.82, 2.24) is 10.3 Å². The van der Waals surface area contributed by atoms with E-state index >= 15 is 0 Å². The second kappa shape index (κ2) is 11.8. The number of esters is 1. The molecule has 36 heavy (non-hydrogen) atoms. The van der Waals surface area contributed by atoms with Gasteiger partial charge in [-0.1, -0.05) is 66.7 Å². The van der Waals surface area contributed by atoms with Crippen LogP contribution >= 0.6 is 12.2 Å². The number of hydrogen-bond donors (Lipinski definition) is 3. The van der Waals surface area contributed by atoms with Gasteiger partial charge in [0.25, 0.3) is 5.91 Å². The number of rotatable bonds is 8. The molecule has 0 atom stereocenters. The van der Waals surface area contributed by atoms with Crippen LogP contribution in [-0.4, -0.2) is 29.1 Å². The maximum Gasteiger partial charge on any atom is 0.356 e. The zero-order valence-electron chi connectivity index (χ0n) is 19.6. The minimum atomic E-state index is -0.561. The molecule has 0 aliphatic rings. The van der Waals surface area contributed by atoms with Gasteiger partial charge in [-0.15, -0.1) is 0 Å². The number of anilines is 1. The number of carbonyl (C=O) groups excluding carboxylic acids is 2. The molecule has 182 valence electrons. The van der Waals surface area contributed by atoms with Crippen LogP contribution in [0.15, 0.2) is 91.1 Å². The van der Waals surface area contributed by atoms with Gasteiger partial charge in [-0.05, 0) is 47.1 Å². The second-order valence-electron chi connectivity index (χ2n) is 7.89. The number of nitrogens with one attached hydrogen (secondary N) is 3. The molecule has 4 aromatic rings. The Balaban J connectivity index is 1.54. The predicted octanol–water partition coefficient (Wildman–Crippen LogP) is 5.10. The molecule has 7 nitrogen and oxygen atoms in total. The molecular formula is C28H25N3O4S. The lowest BCUT2D eigenvalue weighted by atomic mass is 10.0. The van der Waals surface area contributed by atoms with Gasteiger partial charge < -0.3 is 19.8 Å².